The SMILES string of the molecule is COCc1cc(=O)[nH]c(-c2cc(Br)c(C)s2)n1. The second kappa shape index (κ2) is 5.12. The maximum atomic E-state index is 11.5. The summed E-state index contributed by atoms with van der Waals surface area (Å²) in [4.78, 5) is 20.7. The van der Waals surface area contributed by atoms with Crippen molar-refractivity contribution in [3.63, 3.8) is 0 Å². The number of aromatic amines is 1. The lowest BCUT2D eigenvalue weighted by Gasteiger charge is -2.01. The van der Waals surface area contributed by atoms with Gasteiger partial charge in [0, 0.05) is 22.5 Å². The molecule has 0 saturated heterocycles. The van der Waals surface area contributed by atoms with Crippen molar-refractivity contribution in [2.24, 2.45) is 0 Å². The number of hydrogen-bond donors (Lipinski definition) is 1. The van der Waals surface area contributed by atoms with Gasteiger partial charge in [-0.15, -0.1) is 11.3 Å². The first-order valence-corrected chi connectivity index (χ1v) is 6.56. The van der Waals surface area contributed by atoms with Crippen molar-refractivity contribution in [1.82, 2.24) is 9.97 Å². The van der Waals surface area contributed by atoms with Gasteiger partial charge in [0.05, 0.1) is 17.2 Å². The minimum absolute atomic E-state index is 0.163. The van der Waals surface area contributed by atoms with Crippen LogP contribution in [0.3, 0.4) is 0 Å². The molecule has 1 N–H and O–H groups in total. The zero-order chi connectivity index (χ0) is 12.4. The normalized spacial score (nSPS) is 10.8. The summed E-state index contributed by atoms with van der Waals surface area (Å²) in [5.41, 5.74) is 0.470. The van der Waals surface area contributed by atoms with E-state index in [1.165, 1.54) is 6.07 Å². The number of hydrogen-bond acceptors (Lipinski definition) is 4. The largest absolute Gasteiger partial charge is 0.378 e. The van der Waals surface area contributed by atoms with Crippen LogP contribution in [0.1, 0.15) is 10.6 Å². The molecule has 2 heterocycles. The number of aromatic nitrogens is 2. The van der Waals surface area contributed by atoms with E-state index in [2.05, 4.69) is 25.9 Å². The molecule has 0 saturated carbocycles. The molecule has 0 bridgehead atoms. The van der Waals surface area contributed by atoms with Gasteiger partial charge in [0.1, 0.15) is 0 Å². The van der Waals surface area contributed by atoms with Gasteiger partial charge < -0.3 is 9.72 Å². The zero-order valence-electron chi connectivity index (χ0n) is 9.41. The first kappa shape index (κ1) is 12.5. The van der Waals surface area contributed by atoms with Gasteiger partial charge in [0.25, 0.3) is 5.56 Å². The van der Waals surface area contributed by atoms with E-state index in [1.807, 2.05) is 13.0 Å². The standard InChI is InChI=1S/C11H11BrN2O2S/c1-6-8(12)4-9(17-6)11-13-7(5-16-2)3-10(15)14-11/h3-4H,5H2,1-2H3,(H,13,14,15). The molecular formula is C11H11BrN2O2S. The van der Waals surface area contributed by atoms with E-state index in [9.17, 15) is 4.79 Å². The fourth-order valence-corrected chi connectivity index (χ4v) is 2.90. The van der Waals surface area contributed by atoms with E-state index in [-0.39, 0.29) is 5.56 Å². The maximum absolute atomic E-state index is 11.5. The molecule has 2 rings (SSSR count). The van der Waals surface area contributed by atoms with E-state index >= 15 is 0 Å². The van der Waals surface area contributed by atoms with Gasteiger partial charge in [-0.1, -0.05) is 0 Å². The van der Waals surface area contributed by atoms with Crippen molar-refractivity contribution >= 4 is 27.3 Å². The molecule has 0 fully saturated rings. The van der Waals surface area contributed by atoms with Crippen LogP contribution in [0.4, 0.5) is 0 Å². The summed E-state index contributed by atoms with van der Waals surface area (Å²) in [6.07, 6.45) is 0. The molecule has 0 unspecified atom stereocenters. The number of nitrogens with zero attached hydrogens (tertiary/aromatic N) is 1. The molecule has 4 nitrogen and oxygen atoms in total. The summed E-state index contributed by atoms with van der Waals surface area (Å²) in [6, 6.07) is 3.40. The van der Waals surface area contributed by atoms with Crippen LogP contribution in [0, 0.1) is 6.92 Å². The van der Waals surface area contributed by atoms with Crippen molar-refractivity contribution in [2.45, 2.75) is 13.5 Å². The van der Waals surface area contributed by atoms with E-state index in [4.69, 9.17) is 4.74 Å². The number of H-pyrrole nitrogens is 1. The molecule has 2 aromatic heterocycles. The predicted molar refractivity (Wildman–Crippen MR) is 71.3 cm³/mol. The molecule has 0 aliphatic carbocycles. The van der Waals surface area contributed by atoms with Crippen LogP contribution in [0.5, 0.6) is 0 Å². The second-order valence-electron chi connectivity index (χ2n) is 3.53. The molecule has 0 aromatic carbocycles. The molecule has 2 aromatic rings. The summed E-state index contributed by atoms with van der Waals surface area (Å²) in [7, 11) is 1.58. The highest BCUT2D eigenvalue weighted by Gasteiger charge is 2.09. The maximum Gasteiger partial charge on any atom is 0.251 e. The molecule has 6 heteroatoms. The molecule has 0 radical (unpaired) electrons. The summed E-state index contributed by atoms with van der Waals surface area (Å²) >= 11 is 5.03. The van der Waals surface area contributed by atoms with Crippen molar-refractivity contribution in [1.29, 1.82) is 0 Å². The minimum Gasteiger partial charge on any atom is -0.378 e. The van der Waals surface area contributed by atoms with E-state index in [0.29, 0.717) is 18.1 Å². The van der Waals surface area contributed by atoms with Crippen LogP contribution in [-0.4, -0.2) is 17.1 Å². The number of halogens is 1. The van der Waals surface area contributed by atoms with Crippen LogP contribution < -0.4 is 5.56 Å². The summed E-state index contributed by atoms with van der Waals surface area (Å²) in [5, 5.41) is 0. The first-order chi connectivity index (χ1) is 8.10. The molecular weight excluding hydrogens is 304 g/mol. The highest BCUT2D eigenvalue weighted by Crippen LogP contribution is 2.31. The second-order valence-corrected chi connectivity index (χ2v) is 5.64. The molecule has 0 amide bonds. The quantitative estimate of drug-likeness (QED) is 0.947. The Kier molecular flexibility index (Phi) is 3.76. The van der Waals surface area contributed by atoms with Gasteiger partial charge in [-0.05, 0) is 28.9 Å². The fourth-order valence-electron chi connectivity index (χ4n) is 1.42. The van der Waals surface area contributed by atoms with Crippen molar-refractivity contribution in [3.05, 3.63) is 37.5 Å². The monoisotopic (exact) mass is 314 g/mol. The summed E-state index contributed by atoms with van der Waals surface area (Å²) in [5.74, 6) is 0.586. The predicted octanol–water partition coefficient (Wildman–Crippen LogP) is 2.72. The highest BCUT2D eigenvalue weighted by molar-refractivity contribution is 9.10. The van der Waals surface area contributed by atoms with Gasteiger partial charge in [-0.2, -0.15) is 0 Å². The van der Waals surface area contributed by atoms with Crippen molar-refractivity contribution in [2.75, 3.05) is 7.11 Å². The number of nitrogens with one attached hydrogen (secondary N) is 1. The number of methoxy groups -OCH3 is 1. The third-order valence-electron chi connectivity index (χ3n) is 2.18. The van der Waals surface area contributed by atoms with Gasteiger partial charge in [-0.3, -0.25) is 4.79 Å². The Morgan fingerprint density at radius 2 is 2.29 bits per heavy atom. The van der Waals surface area contributed by atoms with E-state index in [1.54, 1.807) is 18.4 Å². The third kappa shape index (κ3) is 2.83. The zero-order valence-corrected chi connectivity index (χ0v) is 11.8. The van der Waals surface area contributed by atoms with Gasteiger partial charge in [0.2, 0.25) is 0 Å². The minimum atomic E-state index is -0.163. The summed E-state index contributed by atoms with van der Waals surface area (Å²) in [6.45, 7) is 2.35. The molecule has 0 aliphatic rings. The van der Waals surface area contributed by atoms with Gasteiger partial charge in [0.15, 0.2) is 5.82 Å². The average molecular weight is 315 g/mol. The number of thiophene rings is 1. The Balaban J connectivity index is 2.47. The van der Waals surface area contributed by atoms with Crippen LogP contribution in [0.2, 0.25) is 0 Å². The van der Waals surface area contributed by atoms with E-state index < -0.39 is 0 Å². The Bertz CT molecular complexity index is 572. The molecule has 0 aliphatic heterocycles. The number of ether oxygens (including phenoxy) is 1. The Labute approximate surface area is 111 Å². The Morgan fingerprint density at radius 1 is 1.53 bits per heavy atom. The van der Waals surface area contributed by atoms with Crippen molar-refractivity contribution in [3.8, 4) is 10.7 Å². The topological polar surface area (TPSA) is 55.0 Å². The average Bonchev–Trinajstić information content (AvgIpc) is 2.59. The molecule has 17 heavy (non-hydrogen) atoms. The summed E-state index contributed by atoms with van der Waals surface area (Å²) < 4.78 is 6.01. The van der Waals surface area contributed by atoms with Crippen LogP contribution >= 0.6 is 27.3 Å². The Hall–Kier alpha value is -0.980. The van der Waals surface area contributed by atoms with Gasteiger partial charge >= 0.3 is 0 Å². The lowest BCUT2D eigenvalue weighted by atomic mass is 10.3. The number of rotatable bonds is 3. The van der Waals surface area contributed by atoms with E-state index in [0.717, 1.165) is 14.2 Å². The number of aryl methyl sites for hydroxylation is 1. The molecule has 0 spiro atoms. The Morgan fingerprint density at radius 3 is 2.88 bits per heavy atom. The fraction of sp³-hybridized carbons (Fsp3) is 0.273. The lowest BCUT2D eigenvalue weighted by molar-refractivity contribution is 0.181. The highest BCUT2D eigenvalue weighted by atomic mass is 79.9. The lowest BCUT2D eigenvalue weighted by Crippen LogP contribution is -2.10. The van der Waals surface area contributed by atoms with Crippen LogP contribution in [0.15, 0.2) is 21.4 Å². The third-order valence-corrected chi connectivity index (χ3v) is 4.32. The smallest absolute Gasteiger partial charge is 0.251 e. The first-order valence-electron chi connectivity index (χ1n) is 4.95. The van der Waals surface area contributed by atoms with Crippen LogP contribution in [0.25, 0.3) is 10.7 Å². The van der Waals surface area contributed by atoms with Crippen molar-refractivity contribution < 1.29 is 4.74 Å². The molecule has 90 valence electrons. The van der Waals surface area contributed by atoms with Crippen LogP contribution in [-0.2, 0) is 11.3 Å². The molecule has 0 atom stereocenters. The van der Waals surface area contributed by atoms with Gasteiger partial charge in [-0.25, -0.2) is 4.98 Å².